The SMILES string of the molecule is C/C=C/OCC1CCC(C2=CC=C(c3ccc(C4=CC=C(CCCCCCCC)C(F)C4F)cc3)C(F)C2F)OC1. The average Bonchev–Trinajstić information content (AvgIpc) is 2.99. The number of benzene rings is 1. The monoisotopic (exact) mass is 572 g/mol. The highest BCUT2D eigenvalue weighted by Gasteiger charge is 2.37. The molecule has 1 saturated heterocycles. The van der Waals surface area contributed by atoms with Gasteiger partial charge in [0.05, 0.1) is 25.6 Å². The normalized spacial score (nSPS) is 28.6. The first-order valence-electron chi connectivity index (χ1n) is 15.3. The Labute approximate surface area is 242 Å². The molecule has 0 amide bonds. The van der Waals surface area contributed by atoms with Crippen LogP contribution in [0.2, 0.25) is 0 Å². The third kappa shape index (κ3) is 8.03. The van der Waals surface area contributed by atoms with Crippen molar-refractivity contribution in [2.45, 2.75) is 102 Å². The molecule has 0 aromatic heterocycles. The van der Waals surface area contributed by atoms with Gasteiger partial charge in [-0.05, 0) is 66.0 Å². The van der Waals surface area contributed by atoms with Gasteiger partial charge >= 0.3 is 0 Å². The summed E-state index contributed by atoms with van der Waals surface area (Å²) in [7, 11) is 0. The molecule has 4 rings (SSSR count). The predicted octanol–water partition coefficient (Wildman–Crippen LogP) is 9.78. The van der Waals surface area contributed by atoms with E-state index in [1.807, 2.05) is 13.0 Å². The standard InChI is InChI=1S/C35H44F4O2/c1-3-5-6-7-8-9-10-27-16-17-28(33(37)32(27)36)25-12-14-26(15-13-25)29-18-19-30(35(39)34(29)38)31-20-11-24(23-41-31)22-40-21-4-2/h4,12-19,21,24,31-35H,3,5-11,20,22-23H2,1-2H3/b21-4+. The van der Waals surface area contributed by atoms with Gasteiger partial charge < -0.3 is 9.47 Å². The van der Waals surface area contributed by atoms with Crippen molar-refractivity contribution < 1.29 is 27.0 Å². The molecule has 41 heavy (non-hydrogen) atoms. The van der Waals surface area contributed by atoms with Crippen molar-refractivity contribution in [3.8, 4) is 0 Å². The Morgan fingerprint density at radius 2 is 1.41 bits per heavy atom. The van der Waals surface area contributed by atoms with Crippen LogP contribution in [0.3, 0.4) is 0 Å². The summed E-state index contributed by atoms with van der Waals surface area (Å²) in [6.07, 6.45) is 11.2. The molecule has 2 aliphatic carbocycles. The van der Waals surface area contributed by atoms with Crippen molar-refractivity contribution >= 4 is 11.1 Å². The molecule has 1 heterocycles. The maximum atomic E-state index is 15.3. The van der Waals surface area contributed by atoms with Crippen LogP contribution in [-0.4, -0.2) is 44.0 Å². The molecule has 1 fully saturated rings. The van der Waals surface area contributed by atoms with Crippen LogP contribution in [0.5, 0.6) is 0 Å². The van der Waals surface area contributed by atoms with Crippen LogP contribution < -0.4 is 0 Å². The number of hydrogen-bond donors (Lipinski definition) is 0. The van der Waals surface area contributed by atoms with Crippen molar-refractivity contribution in [2.24, 2.45) is 5.92 Å². The van der Waals surface area contributed by atoms with E-state index < -0.39 is 30.8 Å². The van der Waals surface area contributed by atoms with Gasteiger partial charge in [0, 0.05) is 5.92 Å². The number of alkyl halides is 4. The zero-order chi connectivity index (χ0) is 29.2. The summed E-state index contributed by atoms with van der Waals surface area (Å²) in [4.78, 5) is 0. The smallest absolute Gasteiger partial charge is 0.161 e. The lowest BCUT2D eigenvalue weighted by Gasteiger charge is -2.33. The maximum absolute atomic E-state index is 15.3. The molecule has 1 aliphatic heterocycles. The Kier molecular flexibility index (Phi) is 11.9. The second-order valence-corrected chi connectivity index (χ2v) is 11.4. The van der Waals surface area contributed by atoms with Crippen LogP contribution in [0.25, 0.3) is 11.1 Å². The van der Waals surface area contributed by atoms with Crippen LogP contribution in [0.1, 0.15) is 82.8 Å². The molecule has 3 aliphatic rings. The number of unbranched alkanes of at least 4 members (excludes halogenated alkanes) is 5. The first kappa shape index (κ1) is 31.3. The third-order valence-corrected chi connectivity index (χ3v) is 8.39. The van der Waals surface area contributed by atoms with Crippen molar-refractivity contribution in [3.05, 3.63) is 83.2 Å². The fraction of sp³-hybridized carbons (Fsp3) is 0.543. The highest BCUT2D eigenvalue weighted by Crippen LogP contribution is 2.38. The van der Waals surface area contributed by atoms with Gasteiger partial charge in [-0.3, -0.25) is 0 Å². The van der Waals surface area contributed by atoms with E-state index in [1.165, 1.54) is 19.3 Å². The van der Waals surface area contributed by atoms with Crippen LogP contribution in [0.4, 0.5) is 17.6 Å². The summed E-state index contributed by atoms with van der Waals surface area (Å²) in [6, 6.07) is 6.63. The van der Waals surface area contributed by atoms with Crippen molar-refractivity contribution in [1.82, 2.24) is 0 Å². The molecule has 0 saturated carbocycles. The molecule has 1 aromatic rings. The van der Waals surface area contributed by atoms with Gasteiger partial charge in [-0.15, -0.1) is 0 Å². The van der Waals surface area contributed by atoms with Crippen molar-refractivity contribution in [1.29, 1.82) is 0 Å². The van der Waals surface area contributed by atoms with Gasteiger partial charge in [-0.1, -0.05) is 93.7 Å². The number of halogens is 4. The Morgan fingerprint density at radius 3 is 2.05 bits per heavy atom. The first-order chi connectivity index (χ1) is 19.9. The molecular formula is C35H44F4O2. The van der Waals surface area contributed by atoms with E-state index in [1.54, 1.807) is 54.8 Å². The Balaban J connectivity index is 1.37. The van der Waals surface area contributed by atoms with E-state index in [9.17, 15) is 4.39 Å². The second kappa shape index (κ2) is 15.6. The molecular weight excluding hydrogens is 528 g/mol. The average molecular weight is 573 g/mol. The molecule has 6 heteroatoms. The molecule has 1 aromatic carbocycles. The molecule has 224 valence electrons. The minimum absolute atomic E-state index is 0.230. The zero-order valence-electron chi connectivity index (χ0n) is 24.3. The lowest BCUT2D eigenvalue weighted by molar-refractivity contribution is -0.0213. The third-order valence-electron chi connectivity index (χ3n) is 8.39. The predicted molar refractivity (Wildman–Crippen MR) is 159 cm³/mol. The summed E-state index contributed by atoms with van der Waals surface area (Å²) in [5.41, 5.74) is 2.42. The second-order valence-electron chi connectivity index (χ2n) is 11.4. The topological polar surface area (TPSA) is 18.5 Å². The quantitative estimate of drug-likeness (QED) is 0.133. The molecule has 6 unspecified atom stereocenters. The maximum Gasteiger partial charge on any atom is 0.161 e. The van der Waals surface area contributed by atoms with Crippen LogP contribution >= 0.6 is 0 Å². The molecule has 0 bridgehead atoms. The molecule has 6 atom stereocenters. The van der Waals surface area contributed by atoms with Crippen molar-refractivity contribution in [3.63, 3.8) is 0 Å². The van der Waals surface area contributed by atoms with E-state index in [2.05, 4.69) is 6.92 Å². The van der Waals surface area contributed by atoms with E-state index in [0.29, 0.717) is 48.3 Å². The Hall–Kier alpha value is -2.60. The van der Waals surface area contributed by atoms with Crippen LogP contribution in [-0.2, 0) is 9.47 Å². The Morgan fingerprint density at radius 1 is 0.780 bits per heavy atom. The highest BCUT2D eigenvalue weighted by molar-refractivity contribution is 5.77. The zero-order valence-corrected chi connectivity index (χ0v) is 24.3. The summed E-state index contributed by atoms with van der Waals surface area (Å²) < 4.78 is 72.0. The molecule has 0 N–H and O–H groups in total. The van der Waals surface area contributed by atoms with Gasteiger partial charge in [-0.25, -0.2) is 17.6 Å². The summed E-state index contributed by atoms with van der Waals surface area (Å²) >= 11 is 0. The molecule has 2 nitrogen and oxygen atoms in total. The van der Waals surface area contributed by atoms with Gasteiger partial charge in [0.15, 0.2) is 24.7 Å². The number of hydrogen-bond acceptors (Lipinski definition) is 2. The fourth-order valence-corrected chi connectivity index (χ4v) is 5.89. The molecule has 0 radical (unpaired) electrons. The number of allylic oxidation sites excluding steroid dienone is 8. The van der Waals surface area contributed by atoms with Gasteiger partial charge in [0.25, 0.3) is 0 Å². The fourth-order valence-electron chi connectivity index (χ4n) is 5.89. The lowest BCUT2D eigenvalue weighted by atomic mass is 9.84. The van der Waals surface area contributed by atoms with Gasteiger partial charge in [0.1, 0.15) is 0 Å². The van der Waals surface area contributed by atoms with Gasteiger partial charge in [-0.2, -0.15) is 0 Å². The van der Waals surface area contributed by atoms with Crippen molar-refractivity contribution in [2.75, 3.05) is 13.2 Å². The number of ether oxygens (including phenoxy) is 2. The van der Waals surface area contributed by atoms with E-state index in [0.717, 1.165) is 25.7 Å². The van der Waals surface area contributed by atoms with Crippen LogP contribution in [0.15, 0.2) is 72.1 Å². The molecule has 0 spiro atoms. The lowest BCUT2D eigenvalue weighted by Crippen LogP contribution is -2.36. The minimum atomic E-state index is -1.83. The van der Waals surface area contributed by atoms with E-state index in [-0.39, 0.29) is 17.1 Å². The summed E-state index contributed by atoms with van der Waals surface area (Å²) in [5.74, 6) is 0.230. The summed E-state index contributed by atoms with van der Waals surface area (Å²) in [5, 5.41) is 0. The highest BCUT2D eigenvalue weighted by atomic mass is 19.2. The first-order valence-corrected chi connectivity index (χ1v) is 15.3. The Bertz CT molecular complexity index is 1130. The van der Waals surface area contributed by atoms with Gasteiger partial charge in [0.2, 0.25) is 0 Å². The van der Waals surface area contributed by atoms with Crippen LogP contribution in [0, 0.1) is 5.92 Å². The van der Waals surface area contributed by atoms with E-state index >= 15 is 13.2 Å². The number of rotatable bonds is 13. The summed E-state index contributed by atoms with van der Waals surface area (Å²) in [6.45, 7) is 5.04. The van der Waals surface area contributed by atoms with E-state index in [4.69, 9.17) is 9.47 Å². The minimum Gasteiger partial charge on any atom is -0.501 e. The largest absolute Gasteiger partial charge is 0.501 e.